The molecule has 0 heterocycles. The van der Waals surface area contributed by atoms with Crippen molar-refractivity contribution in [2.75, 3.05) is 24.7 Å². The van der Waals surface area contributed by atoms with E-state index in [1.807, 2.05) is 6.07 Å². The second kappa shape index (κ2) is 4.43. The first-order valence-corrected chi connectivity index (χ1v) is 5.43. The number of nitrogens with two attached hydrogens (primary N) is 1. The Morgan fingerprint density at radius 3 is 2.94 bits per heavy atom. The summed E-state index contributed by atoms with van der Waals surface area (Å²) in [6.45, 7) is 0.925. The molecule has 0 atom stereocenters. The number of hydrogen-bond acceptors (Lipinski definition) is 4. The number of hydrogen-bond donors (Lipinski definition) is 2. The molecule has 0 saturated heterocycles. The number of rotatable bonds is 4. The molecule has 86 valence electrons. The molecule has 1 saturated carbocycles. The molecule has 3 N–H and O–H groups in total. The van der Waals surface area contributed by atoms with Gasteiger partial charge in [-0.1, -0.05) is 6.07 Å². The van der Waals surface area contributed by atoms with Crippen molar-refractivity contribution < 1.29 is 9.53 Å². The fourth-order valence-corrected chi connectivity index (χ4v) is 1.58. The first-order valence-electron chi connectivity index (χ1n) is 5.43. The maximum Gasteiger partial charge on any atom is 0.340 e. The lowest BCUT2D eigenvalue weighted by atomic mass is 10.1. The third-order valence-corrected chi connectivity index (χ3v) is 2.79. The van der Waals surface area contributed by atoms with E-state index in [-0.39, 0.29) is 0 Å². The number of methoxy groups -OCH3 is 1. The van der Waals surface area contributed by atoms with Gasteiger partial charge in [-0.3, -0.25) is 0 Å². The van der Waals surface area contributed by atoms with E-state index in [1.165, 1.54) is 20.0 Å². The van der Waals surface area contributed by atoms with Crippen molar-refractivity contribution in [3.8, 4) is 0 Å². The van der Waals surface area contributed by atoms with Crippen molar-refractivity contribution in [3.63, 3.8) is 0 Å². The number of para-hydroxylation sites is 1. The van der Waals surface area contributed by atoms with Gasteiger partial charge in [0.15, 0.2) is 0 Å². The lowest BCUT2D eigenvalue weighted by Crippen LogP contribution is -2.10. The third-order valence-electron chi connectivity index (χ3n) is 2.79. The average molecular weight is 220 g/mol. The van der Waals surface area contributed by atoms with Crippen LogP contribution < -0.4 is 11.1 Å². The molecule has 4 heteroatoms. The predicted octanol–water partition coefficient (Wildman–Crippen LogP) is 1.88. The van der Waals surface area contributed by atoms with Crippen LogP contribution in [0.5, 0.6) is 0 Å². The lowest BCUT2D eigenvalue weighted by molar-refractivity contribution is 0.0602. The van der Waals surface area contributed by atoms with E-state index in [0.29, 0.717) is 11.3 Å². The van der Waals surface area contributed by atoms with Crippen molar-refractivity contribution >= 4 is 17.3 Å². The standard InChI is InChI=1S/C12H16N2O2/c1-16-12(15)9-3-2-4-10(11(9)13)14-7-8-5-6-8/h2-4,8,14H,5-7,13H2,1H3. The van der Waals surface area contributed by atoms with E-state index in [9.17, 15) is 4.79 Å². The Hall–Kier alpha value is -1.71. The maximum absolute atomic E-state index is 11.4. The lowest BCUT2D eigenvalue weighted by Gasteiger charge is -2.11. The minimum Gasteiger partial charge on any atom is -0.465 e. The highest BCUT2D eigenvalue weighted by molar-refractivity contribution is 5.98. The molecule has 1 fully saturated rings. The molecular weight excluding hydrogens is 204 g/mol. The van der Waals surface area contributed by atoms with Gasteiger partial charge in [0.25, 0.3) is 0 Å². The summed E-state index contributed by atoms with van der Waals surface area (Å²) < 4.78 is 4.66. The van der Waals surface area contributed by atoms with Crippen LogP contribution in [-0.4, -0.2) is 19.6 Å². The Labute approximate surface area is 94.8 Å². The van der Waals surface area contributed by atoms with Gasteiger partial charge >= 0.3 is 5.97 Å². The zero-order valence-corrected chi connectivity index (χ0v) is 9.32. The average Bonchev–Trinajstić information content (AvgIpc) is 3.10. The Balaban J connectivity index is 2.14. The highest BCUT2D eigenvalue weighted by Gasteiger charge is 2.21. The van der Waals surface area contributed by atoms with Gasteiger partial charge in [0.05, 0.1) is 24.0 Å². The van der Waals surface area contributed by atoms with Crippen LogP contribution in [0.3, 0.4) is 0 Å². The highest BCUT2D eigenvalue weighted by atomic mass is 16.5. The van der Waals surface area contributed by atoms with Crippen LogP contribution in [0.15, 0.2) is 18.2 Å². The molecule has 0 aliphatic heterocycles. The van der Waals surface area contributed by atoms with Gasteiger partial charge in [0.2, 0.25) is 0 Å². The Kier molecular flexibility index (Phi) is 2.99. The normalized spacial score (nSPS) is 14.6. The molecule has 0 spiro atoms. The van der Waals surface area contributed by atoms with Gasteiger partial charge in [0, 0.05) is 6.54 Å². The molecule has 1 aromatic rings. The summed E-state index contributed by atoms with van der Waals surface area (Å²) in [4.78, 5) is 11.4. The summed E-state index contributed by atoms with van der Waals surface area (Å²) in [6.07, 6.45) is 2.56. The van der Waals surface area contributed by atoms with Crippen LogP contribution in [0.1, 0.15) is 23.2 Å². The van der Waals surface area contributed by atoms with Crippen LogP contribution in [0, 0.1) is 5.92 Å². The number of carbonyl (C=O) groups excluding carboxylic acids is 1. The van der Waals surface area contributed by atoms with E-state index >= 15 is 0 Å². The molecule has 2 rings (SSSR count). The number of anilines is 2. The summed E-state index contributed by atoms with van der Waals surface area (Å²) >= 11 is 0. The third kappa shape index (κ3) is 2.27. The second-order valence-corrected chi connectivity index (χ2v) is 4.08. The molecule has 0 aromatic heterocycles. The van der Waals surface area contributed by atoms with Crippen LogP contribution >= 0.6 is 0 Å². The second-order valence-electron chi connectivity index (χ2n) is 4.08. The molecule has 16 heavy (non-hydrogen) atoms. The van der Waals surface area contributed by atoms with Gasteiger partial charge in [-0.25, -0.2) is 4.79 Å². The van der Waals surface area contributed by atoms with Crippen LogP contribution in [0.25, 0.3) is 0 Å². The summed E-state index contributed by atoms with van der Waals surface area (Å²) in [7, 11) is 1.35. The smallest absolute Gasteiger partial charge is 0.340 e. The maximum atomic E-state index is 11.4. The van der Waals surface area contributed by atoms with Crippen LogP contribution in [0.4, 0.5) is 11.4 Å². The summed E-state index contributed by atoms with van der Waals surface area (Å²) in [5, 5.41) is 3.26. The number of benzene rings is 1. The fraction of sp³-hybridized carbons (Fsp3) is 0.417. The van der Waals surface area contributed by atoms with Crippen molar-refractivity contribution in [2.24, 2.45) is 5.92 Å². The molecule has 0 amide bonds. The molecule has 1 aliphatic carbocycles. The zero-order valence-electron chi connectivity index (χ0n) is 9.32. The Morgan fingerprint density at radius 1 is 1.56 bits per heavy atom. The number of carbonyl (C=O) groups is 1. The van der Waals surface area contributed by atoms with Crippen LogP contribution in [-0.2, 0) is 4.74 Å². The summed E-state index contributed by atoms with van der Waals surface area (Å²) in [5.41, 5.74) is 7.61. The van der Waals surface area contributed by atoms with Crippen molar-refractivity contribution in [1.29, 1.82) is 0 Å². The topological polar surface area (TPSA) is 64.3 Å². The van der Waals surface area contributed by atoms with E-state index in [2.05, 4.69) is 10.1 Å². The SMILES string of the molecule is COC(=O)c1cccc(NCC2CC2)c1N. The largest absolute Gasteiger partial charge is 0.465 e. The van der Waals surface area contributed by atoms with Crippen LogP contribution in [0.2, 0.25) is 0 Å². The number of nitrogens with one attached hydrogen (secondary N) is 1. The molecular formula is C12H16N2O2. The van der Waals surface area contributed by atoms with Crippen molar-refractivity contribution in [1.82, 2.24) is 0 Å². The molecule has 1 aliphatic rings. The summed E-state index contributed by atoms with van der Waals surface area (Å²) in [6, 6.07) is 5.35. The quantitative estimate of drug-likeness (QED) is 0.600. The molecule has 0 bridgehead atoms. The van der Waals surface area contributed by atoms with Gasteiger partial charge in [-0.2, -0.15) is 0 Å². The molecule has 4 nitrogen and oxygen atoms in total. The van der Waals surface area contributed by atoms with E-state index in [1.54, 1.807) is 12.1 Å². The Bertz CT molecular complexity index is 400. The molecule has 1 aromatic carbocycles. The minimum absolute atomic E-state index is 0.396. The van der Waals surface area contributed by atoms with Gasteiger partial charge in [-0.15, -0.1) is 0 Å². The first-order chi connectivity index (χ1) is 7.72. The fourth-order valence-electron chi connectivity index (χ4n) is 1.58. The van der Waals surface area contributed by atoms with E-state index in [4.69, 9.17) is 5.73 Å². The molecule has 0 unspecified atom stereocenters. The van der Waals surface area contributed by atoms with E-state index < -0.39 is 5.97 Å². The monoisotopic (exact) mass is 220 g/mol. The highest BCUT2D eigenvalue weighted by Crippen LogP contribution is 2.30. The zero-order chi connectivity index (χ0) is 11.5. The molecule has 0 radical (unpaired) electrons. The number of esters is 1. The van der Waals surface area contributed by atoms with E-state index in [0.717, 1.165) is 18.2 Å². The summed E-state index contributed by atoms with van der Waals surface area (Å²) in [5.74, 6) is 0.369. The Morgan fingerprint density at radius 2 is 2.31 bits per heavy atom. The van der Waals surface area contributed by atoms with Crippen molar-refractivity contribution in [2.45, 2.75) is 12.8 Å². The van der Waals surface area contributed by atoms with Gasteiger partial charge in [-0.05, 0) is 30.9 Å². The van der Waals surface area contributed by atoms with Gasteiger partial charge in [0.1, 0.15) is 0 Å². The first kappa shape index (κ1) is 10.8. The number of nitrogen functional groups attached to an aromatic ring is 1. The predicted molar refractivity (Wildman–Crippen MR) is 63.4 cm³/mol. The number of ether oxygens (including phenoxy) is 1. The van der Waals surface area contributed by atoms with Gasteiger partial charge < -0.3 is 15.8 Å². The minimum atomic E-state index is -0.396. The van der Waals surface area contributed by atoms with Crippen molar-refractivity contribution in [3.05, 3.63) is 23.8 Å².